The molecule has 0 radical (unpaired) electrons. The third-order valence-corrected chi connectivity index (χ3v) is 4.03. The summed E-state index contributed by atoms with van der Waals surface area (Å²) in [4.78, 5) is 11.9. The van der Waals surface area contributed by atoms with Gasteiger partial charge in [-0.05, 0) is 19.3 Å². The zero-order valence-corrected chi connectivity index (χ0v) is 10.8. The Bertz CT molecular complexity index is 321. The van der Waals surface area contributed by atoms with Crippen molar-refractivity contribution in [3.05, 3.63) is 12.2 Å². The number of hydrogen-bond donors (Lipinski definition) is 3. The predicted octanol–water partition coefficient (Wildman–Crippen LogP) is 1.12. The first-order chi connectivity index (χ1) is 8.61. The molecule has 0 aromatic heterocycles. The quantitative estimate of drug-likeness (QED) is 0.658. The fraction of sp³-hybridized carbons (Fsp3) is 0.786. The number of hydrogen-bond acceptors (Lipinski definition) is 3. The minimum atomic E-state index is -0.791. The summed E-state index contributed by atoms with van der Waals surface area (Å²) in [5.41, 5.74) is -0.791. The molecule has 2 aliphatic rings. The van der Waals surface area contributed by atoms with Gasteiger partial charge in [0.25, 0.3) is 0 Å². The molecule has 4 nitrogen and oxygen atoms in total. The molecule has 18 heavy (non-hydrogen) atoms. The minimum absolute atomic E-state index is 0.0156. The molecular weight excluding hydrogens is 230 g/mol. The molecule has 0 aromatic carbocycles. The standard InChI is InChI=1S/C14H23NO3/c16-10-11-4-5-12(8-11)15-13(17)9-14(18)6-2-1-3-7-14/h4-5,11-12,16,18H,1-3,6-10H2,(H,15,17)/t11-,12+/m0/s1. The van der Waals surface area contributed by atoms with Gasteiger partial charge >= 0.3 is 0 Å². The lowest BCUT2D eigenvalue weighted by Gasteiger charge is -2.31. The Morgan fingerprint density at radius 2 is 2.00 bits per heavy atom. The molecule has 2 atom stereocenters. The van der Waals surface area contributed by atoms with Crippen LogP contribution in [0.4, 0.5) is 0 Å². The second-order valence-corrected chi connectivity index (χ2v) is 5.70. The van der Waals surface area contributed by atoms with Crippen LogP contribution in [0, 0.1) is 5.92 Å². The first-order valence-corrected chi connectivity index (χ1v) is 6.92. The van der Waals surface area contributed by atoms with E-state index < -0.39 is 5.60 Å². The highest BCUT2D eigenvalue weighted by atomic mass is 16.3. The van der Waals surface area contributed by atoms with Gasteiger partial charge in [0.1, 0.15) is 0 Å². The van der Waals surface area contributed by atoms with Crippen molar-refractivity contribution in [2.45, 2.75) is 56.6 Å². The Hall–Kier alpha value is -0.870. The van der Waals surface area contributed by atoms with Gasteiger partial charge in [-0.1, -0.05) is 31.4 Å². The lowest BCUT2D eigenvalue weighted by atomic mass is 9.82. The fourth-order valence-corrected chi connectivity index (χ4v) is 2.96. The van der Waals surface area contributed by atoms with Gasteiger partial charge in [0, 0.05) is 18.6 Å². The molecule has 2 rings (SSSR count). The van der Waals surface area contributed by atoms with E-state index in [2.05, 4.69) is 5.32 Å². The number of aliphatic hydroxyl groups is 2. The Morgan fingerprint density at radius 3 is 2.61 bits per heavy atom. The van der Waals surface area contributed by atoms with Crippen LogP contribution in [0.15, 0.2) is 12.2 Å². The van der Waals surface area contributed by atoms with Crippen LogP contribution >= 0.6 is 0 Å². The molecule has 0 spiro atoms. The topological polar surface area (TPSA) is 69.6 Å². The molecule has 1 amide bonds. The molecule has 0 aromatic rings. The van der Waals surface area contributed by atoms with Crippen molar-refractivity contribution in [3.8, 4) is 0 Å². The summed E-state index contributed by atoms with van der Waals surface area (Å²) in [5.74, 6) is 0.0840. The molecule has 0 heterocycles. The second-order valence-electron chi connectivity index (χ2n) is 5.70. The highest BCUT2D eigenvalue weighted by Gasteiger charge is 2.32. The number of carbonyl (C=O) groups is 1. The molecule has 4 heteroatoms. The molecule has 2 aliphatic carbocycles. The maximum atomic E-state index is 11.9. The van der Waals surface area contributed by atoms with Gasteiger partial charge in [-0.25, -0.2) is 0 Å². The van der Waals surface area contributed by atoms with Crippen LogP contribution < -0.4 is 5.32 Å². The normalized spacial score (nSPS) is 30.3. The summed E-state index contributed by atoms with van der Waals surface area (Å²) in [6.07, 6.45) is 9.51. The fourth-order valence-electron chi connectivity index (χ4n) is 2.96. The van der Waals surface area contributed by atoms with Crippen LogP contribution in [-0.4, -0.2) is 34.4 Å². The monoisotopic (exact) mass is 253 g/mol. The summed E-state index contributed by atoms with van der Waals surface area (Å²) in [7, 11) is 0. The van der Waals surface area contributed by atoms with Gasteiger partial charge < -0.3 is 15.5 Å². The molecule has 102 valence electrons. The van der Waals surface area contributed by atoms with Crippen molar-refractivity contribution in [1.29, 1.82) is 0 Å². The van der Waals surface area contributed by atoms with Gasteiger partial charge in [0.05, 0.1) is 12.0 Å². The number of nitrogens with one attached hydrogen (secondary N) is 1. The molecule has 0 bridgehead atoms. The Labute approximate surface area is 108 Å². The van der Waals surface area contributed by atoms with E-state index in [4.69, 9.17) is 5.11 Å². The van der Waals surface area contributed by atoms with E-state index in [1.807, 2.05) is 12.2 Å². The van der Waals surface area contributed by atoms with Crippen LogP contribution in [0.3, 0.4) is 0 Å². The Morgan fingerprint density at radius 1 is 1.28 bits per heavy atom. The summed E-state index contributed by atoms with van der Waals surface area (Å²) >= 11 is 0. The number of aliphatic hydroxyl groups excluding tert-OH is 1. The maximum absolute atomic E-state index is 11.9. The van der Waals surface area contributed by atoms with Crippen LogP contribution in [-0.2, 0) is 4.79 Å². The van der Waals surface area contributed by atoms with Crippen molar-refractivity contribution in [2.24, 2.45) is 5.92 Å². The van der Waals surface area contributed by atoms with Crippen molar-refractivity contribution in [3.63, 3.8) is 0 Å². The highest BCUT2D eigenvalue weighted by Crippen LogP contribution is 2.30. The van der Waals surface area contributed by atoms with Crippen LogP contribution in [0.1, 0.15) is 44.9 Å². The summed E-state index contributed by atoms with van der Waals surface area (Å²) < 4.78 is 0. The van der Waals surface area contributed by atoms with Crippen molar-refractivity contribution < 1.29 is 15.0 Å². The summed E-state index contributed by atoms with van der Waals surface area (Å²) in [6, 6.07) is 0.0156. The lowest BCUT2D eigenvalue weighted by molar-refractivity contribution is -0.127. The molecular formula is C14H23NO3. The molecule has 3 N–H and O–H groups in total. The van der Waals surface area contributed by atoms with E-state index in [1.54, 1.807) is 0 Å². The number of rotatable bonds is 4. The van der Waals surface area contributed by atoms with Gasteiger partial charge in [0.15, 0.2) is 0 Å². The summed E-state index contributed by atoms with van der Waals surface area (Å²) in [6.45, 7) is 0.132. The Balaban J connectivity index is 1.77. The average molecular weight is 253 g/mol. The van der Waals surface area contributed by atoms with Crippen LogP contribution in [0.5, 0.6) is 0 Å². The predicted molar refractivity (Wildman–Crippen MR) is 68.9 cm³/mol. The Kier molecular flexibility index (Phi) is 4.40. The molecule has 0 aliphatic heterocycles. The van der Waals surface area contributed by atoms with Gasteiger partial charge in [-0.2, -0.15) is 0 Å². The second kappa shape index (κ2) is 5.85. The van der Waals surface area contributed by atoms with Crippen LogP contribution in [0.2, 0.25) is 0 Å². The van der Waals surface area contributed by atoms with E-state index in [0.717, 1.165) is 38.5 Å². The number of carbonyl (C=O) groups excluding carboxylic acids is 1. The zero-order valence-electron chi connectivity index (χ0n) is 10.8. The average Bonchev–Trinajstić information content (AvgIpc) is 2.76. The van der Waals surface area contributed by atoms with Crippen molar-refractivity contribution >= 4 is 5.91 Å². The SMILES string of the molecule is O=C(CC1(O)CCCCC1)N[C@@H]1C=C[C@H](CO)C1. The van der Waals surface area contributed by atoms with Gasteiger partial charge in [0.2, 0.25) is 5.91 Å². The van der Waals surface area contributed by atoms with Crippen molar-refractivity contribution in [1.82, 2.24) is 5.32 Å². The van der Waals surface area contributed by atoms with Gasteiger partial charge in [-0.15, -0.1) is 0 Å². The van der Waals surface area contributed by atoms with Crippen molar-refractivity contribution in [2.75, 3.05) is 6.61 Å². The van der Waals surface area contributed by atoms with E-state index in [1.165, 1.54) is 0 Å². The maximum Gasteiger partial charge on any atom is 0.223 e. The van der Waals surface area contributed by atoms with E-state index in [0.29, 0.717) is 0 Å². The minimum Gasteiger partial charge on any atom is -0.396 e. The van der Waals surface area contributed by atoms with E-state index in [9.17, 15) is 9.90 Å². The van der Waals surface area contributed by atoms with E-state index >= 15 is 0 Å². The molecule has 0 unspecified atom stereocenters. The molecule has 0 saturated heterocycles. The summed E-state index contributed by atoms with van der Waals surface area (Å²) in [5, 5.41) is 22.2. The molecule has 1 fully saturated rings. The molecule has 1 saturated carbocycles. The lowest BCUT2D eigenvalue weighted by Crippen LogP contribution is -2.41. The number of amides is 1. The zero-order chi connectivity index (χ0) is 13.0. The first kappa shape index (κ1) is 13.6. The van der Waals surface area contributed by atoms with Crippen LogP contribution in [0.25, 0.3) is 0 Å². The largest absolute Gasteiger partial charge is 0.396 e. The smallest absolute Gasteiger partial charge is 0.223 e. The third kappa shape index (κ3) is 3.56. The third-order valence-electron chi connectivity index (χ3n) is 4.03. The highest BCUT2D eigenvalue weighted by molar-refractivity contribution is 5.77. The van der Waals surface area contributed by atoms with Gasteiger partial charge in [-0.3, -0.25) is 4.79 Å². The first-order valence-electron chi connectivity index (χ1n) is 6.92. The van der Waals surface area contributed by atoms with E-state index in [-0.39, 0.29) is 30.9 Å².